The monoisotopic (exact) mass is 244 g/mol. The Morgan fingerprint density at radius 1 is 1.39 bits per heavy atom. The molecule has 1 N–H and O–H groups in total. The van der Waals surface area contributed by atoms with Crippen LogP contribution in [0.1, 0.15) is 12.1 Å². The summed E-state index contributed by atoms with van der Waals surface area (Å²) in [5.74, 6) is 0. The summed E-state index contributed by atoms with van der Waals surface area (Å²) in [4.78, 5) is 1.55. The first-order chi connectivity index (χ1) is 8.78. The van der Waals surface area contributed by atoms with Gasteiger partial charge in [0.1, 0.15) is 6.54 Å². The predicted octanol–water partition coefficient (Wildman–Crippen LogP) is 0.180. The minimum absolute atomic E-state index is 0.0988. The number of rotatable bonds is 0. The summed E-state index contributed by atoms with van der Waals surface area (Å²) in [5, 5.41) is 5.99. The number of likely N-dealkylation sites (tertiary alicyclic amines) is 1. The van der Waals surface area contributed by atoms with E-state index in [1.165, 1.54) is 17.6 Å². The molecule has 4 nitrogen and oxygen atoms in total. The van der Waals surface area contributed by atoms with Crippen molar-refractivity contribution in [2.45, 2.75) is 18.6 Å². The van der Waals surface area contributed by atoms with Gasteiger partial charge in [-0.2, -0.15) is 5.10 Å². The first kappa shape index (κ1) is 10.5. The van der Waals surface area contributed by atoms with E-state index in [1.807, 2.05) is 0 Å². The van der Waals surface area contributed by atoms with Crippen molar-refractivity contribution in [2.24, 2.45) is 0 Å². The summed E-state index contributed by atoms with van der Waals surface area (Å²) in [6.07, 6.45) is 1.11. The zero-order valence-electron chi connectivity index (χ0n) is 10.6. The maximum absolute atomic E-state index is 6.21. The van der Waals surface area contributed by atoms with Crippen molar-refractivity contribution in [3.8, 4) is 0 Å². The summed E-state index contributed by atoms with van der Waals surface area (Å²) >= 11 is 0. The van der Waals surface area contributed by atoms with Gasteiger partial charge < -0.3 is 9.64 Å². The minimum Gasteiger partial charge on any atom is -0.361 e. The summed E-state index contributed by atoms with van der Waals surface area (Å²) < 4.78 is 8.38. The van der Waals surface area contributed by atoms with Crippen molar-refractivity contribution in [3.63, 3.8) is 0 Å². The standard InChI is InChI=1S/C14H17N3O/c1-16-7-6-14(10-16)13-11-4-2-3-5-12(11)15-17(13)8-9-18-14/h2-5H,6-10H2,1H3/p+1. The summed E-state index contributed by atoms with van der Waals surface area (Å²) in [5.41, 5.74) is 2.31. The molecule has 4 heteroatoms. The molecule has 0 saturated carbocycles. The molecule has 4 rings (SSSR count). The molecule has 0 aliphatic carbocycles. The van der Waals surface area contributed by atoms with E-state index in [4.69, 9.17) is 9.84 Å². The van der Waals surface area contributed by atoms with Gasteiger partial charge in [0, 0.05) is 11.8 Å². The van der Waals surface area contributed by atoms with Crippen molar-refractivity contribution < 1.29 is 9.64 Å². The van der Waals surface area contributed by atoms with Crippen LogP contribution in [0.3, 0.4) is 0 Å². The average Bonchev–Trinajstić information content (AvgIpc) is 2.92. The van der Waals surface area contributed by atoms with Gasteiger partial charge in [0.05, 0.1) is 38.0 Å². The van der Waals surface area contributed by atoms with Crippen LogP contribution < -0.4 is 4.90 Å². The Bertz CT molecular complexity index is 606. The van der Waals surface area contributed by atoms with Crippen LogP contribution in [0.5, 0.6) is 0 Å². The fourth-order valence-electron chi connectivity index (χ4n) is 3.52. The van der Waals surface area contributed by atoms with Crippen molar-refractivity contribution in [1.29, 1.82) is 0 Å². The first-order valence-corrected chi connectivity index (χ1v) is 6.70. The van der Waals surface area contributed by atoms with Crippen molar-refractivity contribution in [1.82, 2.24) is 9.78 Å². The number of likely N-dealkylation sites (N-methyl/N-ethyl adjacent to an activating group) is 1. The van der Waals surface area contributed by atoms with Crippen LogP contribution in [-0.2, 0) is 16.9 Å². The summed E-state index contributed by atoms with van der Waals surface area (Å²) in [6.45, 7) is 3.90. The molecule has 1 aromatic heterocycles. The number of aromatic nitrogens is 2. The zero-order chi connectivity index (χ0) is 12.2. The second-order valence-corrected chi connectivity index (χ2v) is 5.57. The molecular formula is C14H18N3O+. The summed E-state index contributed by atoms with van der Waals surface area (Å²) in [6, 6.07) is 8.43. The third-order valence-electron chi connectivity index (χ3n) is 4.30. The molecule has 2 unspecified atom stereocenters. The van der Waals surface area contributed by atoms with Crippen LogP contribution in [0.2, 0.25) is 0 Å². The number of hydrogen-bond donors (Lipinski definition) is 1. The first-order valence-electron chi connectivity index (χ1n) is 6.70. The normalized spacial score (nSPS) is 31.1. The summed E-state index contributed by atoms with van der Waals surface area (Å²) in [7, 11) is 2.25. The molecule has 0 amide bonds. The second-order valence-electron chi connectivity index (χ2n) is 5.57. The SMILES string of the molecule is C[NH+]1CCC2(C1)OCCn1nc3ccccc3c12. The van der Waals surface area contributed by atoms with Crippen LogP contribution in [0.4, 0.5) is 0 Å². The molecular weight excluding hydrogens is 226 g/mol. The lowest BCUT2D eigenvalue weighted by molar-refractivity contribution is -0.870. The fourth-order valence-corrected chi connectivity index (χ4v) is 3.52. The zero-order valence-corrected chi connectivity index (χ0v) is 10.6. The number of hydrogen-bond acceptors (Lipinski definition) is 2. The highest BCUT2D eigenvalue weighted by atomic mass is 16.5. The number of nitrogens with zero attached hydrogens (tertiary/aromatic N) is 2. The number of ether oxygens (including phenoxy) is 1. The van der Waals surface area contributed by atoms with Gasteiger partial charge >= 0.3 is 0 Å². The Kier molecular flexibility index (Phi) is 2.08. The molecule has 1 saturated heterocycles. The molecule has 0 bridgehead atoms. The smallest absolute Gasteiger partial charge is 0.164 e. The molecule has 2 aliphatic heterocycles. The molecule has 1 spiro atoms. The van der Waals surface area contributed by atoms with E-state index < -0.39 is 0 Å². The molecule has 1 aromatic carbocycles. The minimum atomic E-state index is -0.0988. The largest absolute Gasteiger partial charge is 0.361 e. The highest BCUT2D eigenvalue weighted by Gasteiger charge is 2.48. The van der Waals surface area contributed by atoms with Crippen LogP contribution in [0.15, 0.2) is 24.3 Å². The van der Waals surface area contributed by atoms with Crippen molar-refractivity contribution in [2.75, 3.05) is 26.7 Å². The van der Waals surface area contributed by atoms with Gasteiger partial charge in [-0.25, -0.2) is 0 Å². The lowest BCUT2D eigenvalue weighted by Gasteiger charge is -2.32. The van der Waals surface area contributed by atoms with Gasteiger partial charge in [0.2, 0.25) is 0 Å². The van der Waals surface area contributed by atoms with E-state index >= 15 is 0 Å². The Morgan fingerprint density at radius 2 is 2.28 bits per heavy atom. The molecule has 2 aromatic rings. The second kappa shape index (κ2) is 3.56. The van der Waals surface area contributed by atoms with Crippen LogP contribution >= 0.6 is 0 Å². The number of benzene rings is 1. The fraction of sp³-hybridized carbons (Fsp3) is 0.500. The number of fused-ring (bicyclic) bond motifs is 4. The molecule has 1 fully saturated rings. The van der Waals surface area contributed by atoms with Gasteiger partial charge in [-0.05, 0) is 6.07 Å². The quantitative estimate of drug-likeness (QED) is 0.717. The van der Waals surface area contributed by atoms with Gasteiger partial charge in [0.15, 0.2) is 5.60 Å². The lowest BCUT2D eigenvalue weighted by Crippen LogP contribution is -3.07. The Labute approximate surface area is 106 Å². The Morgan fingerprint density at radius 3 is 3.11 bits per heavy atom. The lowest BCUT2D eigenvalue weighted by atomic mass is 9.94. The van der Waals surface area contributed by atoms with Crippen molar-refractivity contribution >= 4 is 10.9 Å². The molecule has 2 atom stereocenters. The molecule has 3 heterocycles. The maximum Gasteiger partial charge on any atom is 0.164 e. The predicted molar refractivity (Wildman–Crippen MR) is 68.6 cm³/mol. The van der Waals surface area contributed by atoms with Crippen LogP contribution in [0.25, 0.3) is 10.9 Å². The molecule has 0 radical (unpaired) electrons. The van der Waals surface area contributed by atoms with Gasteiger partial charge in [-0.3, -0.25) is 4.68 Å². The average molecular weight is 244 g/mol. The molecule has 94 valence electrons. The van der Waals surface area contributed by atoms with Gasteiger partial charge in [-0.1, -0.05) is 18.2 Å². The van der Waals surface area contributed by atoms with Gasteiger partial charge in [-0.15, -0.1) is 0 Å². The number of quaternary nitrogens is 1. The van der Waals surface area contributed by atoms with E-state index in [1.54, 1.807) is 4.90 Å². The highest BCUT2D eigenvalue weighted by molar-refractivity contribution is 5.82. The topological polar surface area (TPSA) is 31.5 Å². The third kappa shape index (κ3) is 1.30. The highest BCUT2D eigenvalue weighted by Crippen LogP contribution is 2.37. The van der Waals surface area contributed by atoms with E-state index in [2.05, 4.69) is 36.0 Å². The third-order valence-corrected chi connectivity index (χ3v) is 4.30. The molecule has 18 heavy (non-hydrogen) atoms. The Hall–Kier alpha value is -1.39. The Balaban J connectivity index is 1.97. The van der Waals surface area contributed by atoms with E-state index in [9.17, 15) is 0 Å². The van der Waals surface area contributed by atoms with E-state index in [0.29, 0.717) is 0 Å². The maximum atomic E-state index is 6.21. The number of nitrogens with one attached hydrogen (secondary N) is 1. The van der Waals surface area contributed by atoms with Crippen LogP contribution in [0, 0.1) is 0 Å². The van der Waals surface area contributed by atoms with Crippen molar-refractivity contribution in [3.05, 3.63) is 30.0 Å². The van der Waals surface area contributed by atoms with Crippen LogP contribution in [-0.4, -0.2) is 36.5 Å². The van der Waals surface area contributed by atoms with E-state index in [0.717, 1.165) is 31.6 Å². The van der Waals surface area contributed by atoms with Gasteiger partial charge in [0.25, 0.3) is 0 Å². The van der Waals surface area contributed by atoms with E-state index in [-0.39, 0.29) is 5.60 Å². The molecule has 2 aliphatic rings.